The minimum absolute atomic E-state index is 0.192. The van der Waals surface area contributed by atoms with Crippen LogP contribution in [0, 0.1) is 6.92 Å². The van der Waals surface area contributed by atoms with Gasteiger partial charge in [-0.25, -0.2) is 0 Å². The zero-order chi connectivity index (χ0) is 17.2. The first kappa shape index (κ1) is 15.5. The first-order chi connectivity index (χ1) is 12.2. The van der Waals surface area contributed by atoms with E-state index < -0.39 is 0 Å². The lowest BCUT2D eigenvalue weighted by Crippen LogP contribution is -2.25. The highest BCUT2D eigenvalue weighted by atomic mass is 16.5. The van der Waals surface area contributed by atoms with Crippen molar-refractivity contribution in [3.05, 3.63) is 65.6 Å². The van der Waals surface area contributed by atoms with Gasteiger partial charge in [-0.2, -0.15) is 4.98 Å². The average Bonchev–Trinajstić information content (AvgIpc) is 3.38. The molecule has 4 rings (SSSR count). The van der Waals surface area contributed by atoms with Crippen molar-refractivity contribution in [2.75, 3.05) is 0 Å². The number of amides is 1. The van der Waals surface area contributed by atoms with Crippen LogP contribution in [0.15, 0.2) is 47.1 Å². The molecule has 1 amide bonds. The fourth-order valence-corrected chi connectivity index (χ4v) is 2.79. The molecule has 6 nitrogen and oxygen atoms in total. The van der Waals surface area contributed by atoms with E-state index in [9.17, 15) is 4.79 Å². The van der Waals surface area contributed by atoms with Gasteiger partial charge in [0.2, 0.25) is 5.89 Å². The molecule has 1 aliphatic rings. The fourth-order valence-electron chi connectivity index (χ4n) is 2.79. The molecule has 0 atom stereocenters. The van der Waals surface area contributed by atoms with Crippen molar-refractivity contribution in [2.24, 2.45) is 0 Å². The number of hydrogen-bond acceptors (Lipinski definition) is 5. The van der Waals surface area contributed by atoms with Gasteiger partial charge < -0.3 is 9.84 Å². The van der Waals surface area contributed by atoms with Gasteiger partial charge in [0.15, 0.2) is 5.82 Å². The van der Waals surface area contributed by atoms with Gasteiger partial charge in [-0.1, -0.05) is 35.5 Å². The number of nitrogens with one attached hydrogen (secondary N) is 1. The molecule has 0 unspecified atom stereocenters. The molecule has 0 radical (unpaired) electrons. The topological polar surface area (TPSA) is 80.9 Å². The van der Waals surface area contributed by atoms with Crippen LogP contribution in [0.25, 0.3) is 11.1 Å². The normalized spacial score (nSPS) is 13.6. The Kier molecular flexibility index (Phi) is 4.01. The standard InChI is InChI=1S/C19H18N4O2/c1-12-17(15(9-10-20-12)13-5-3-2-4-6-13)18(24)21-11-16-22-19(25-23-16)14-7-8-14/h2-6,9-10,14H,7-8,11H2,1H3,(H,21,24). The minimum Gasteiger partial charge on any atom is -0.345 e. The Morgan fingerprint density at radius 3 is 2.80 bits per heavy atom. The van der Waals surface area contributed by atoms with Crippen LogP contribution in [-0.2, 0) is 6.54 Å². The van der Waals surface area contributed by atoms with Gasteiger partial charge >= 0.3 is 0 Å². The molecule has 6 heteroatoms. The van der Waals surface area contributed by atoms with Crippen molar-refractivity contribution in [2.45, 2.75) is 32.2 Å². The molecule has 1 aliphatic carbocycles. The maximum atomic E-state index is 12.7. The van der Waals surface area contributed by atoms with Crippen LogP contribution in [0.4, 0.5) is 0 Å². The zero-order valence-corrected chi connectivity index (χ0v) is 13.9. The van der Waals surface area contributed by atoms with E-state index in [0.717, 1.165) is 24.0 Å². The van der Waals surface area contributed by atoms with Crippen LogP contribution in [0.5, 0.6) is 0 Å². The molecule has 126 valence electrons. The summed E-state index contributed by atoms with van der Waals surface area (Å²) in [5.41, 5.74) is 3.09. The molecule has 3 aromatic rings. The Morgan fingerprint density at radius 1 is 1.24 bits per heavy atom. The van der Waals surface area contributed by atoms with Crippen LogP contribution in [0.2, 0.25) is 0 Å². The van der Waals surface area contributed by atoms with Crippen molar-refractivity contribution in [3.8, 4) is 11.1 Å². The quantitative estimate of drug-likeness (QED) is 0.774. The largest absolute Gasteiger partial charge is 0.345 e. The first-order valence-electron chi connectivity index (χ1n) is 8.34. The maximum absolute atomic E-state index is 12.7. The van der Waals surface area contributed by atoms with E-state index in [4.69, 9.17) is 4.52 Å². The van der Waals surface area contributed by atoms with E-state index in [1.807, 2.05) is 43.3 Å². The summed E-state index contributed by atoms with van der Waals surface area (Å²) in [6, 6.07) is 11.7. The second-order valence-electron chi connectivity index (χ2n) is 6.19. The Morgan fingerprint density at radius 2 is 2.04 bits per heavy atom. The average molecular weight is 334 g/mol. The SMILES string of the molecule is Cc1nccc(-c2ccccc2)c1C(=O)NCc1noc(C2CC2)n1. The van der Waals surface area contributed by atoms with Gasteiger partial charge in [0.25, 0.3) is 5.91 Å². The van der Waals surface area contributed by atoms with E-state index in [2.05, 4.69) is 20.4 Å². The fraction of sp³-hybridized carbons (Fsp3) is 0.263. The lowest BCUT2D eigenvalue weighted by molar-refractivity contribution is 0.0949. The molecule has 1 aromatic carbocycles. The monoisotopic (exact) mass is 334 g/mol. The van der Waals surface area contributed by atoms with E-state index in [1.165, 1.54) is 0 Å². The predicted molar refractivity (Wildman–Crippen MR) is 91.9 cm³/mol. The van der Waals surface area contributed by atoms with Crippen LogP contribution in [0.3, 0.4) is 0 Å². The number of rotatable bonds is 5. The molecule has 25 heavy (non-hydrogen) atoms. The molecule has 2 heterocycles. The number of aryl methyl sites for hydroxylation is 1. The number of carbonyl (C=O) groups is 1. The Hall–Kier alpha value is -3.02. The van der Waals surface area contributed by atoms with E-state index in [0.29, 0.717) is 28.9 Å². The maximum Gasteiger partial charge on any atom is 0.254 e. The molecule has 0 aliphatic heterocycles. The van der Waals surface area contributed by atoms with Gasteiger partial charge in [-0.3, -0.25) is 9.78 Å². The van der Waals surface area contributed by atoms with Gasteiger partial charge in [0.1, 0.15) is 0 Å². The lowest BCUT2D eigenvalue weighted by atomic mass is 9.99. The van der Waals surface area contributed by atoms with Crippen molar-refractivity contribution in [3.63, 3.8) is 0 Å². The third-order valence-electron chi connectivity index (χ3n) is 4.27. The number of benzene rings is 1. The van der Waals surface area contributed by atoms with Gasteiger partial charge in [0, 0.05) is 12.1 Å². The highest BCUT2D eigenvalue weighted by Gasteiger charge is 2.29. The minimum atomic E-state index is -0.192. The first-order valence-corrected chi connectivity index (χ1v) is 8.34. The molecule has 1 N–H and O–H groups in total. The Balaban J connectivity index is 1.55. The summed E-state index contributed by atoms with van der Waals surface area (Å²) in [5, 5.41) is 6.80. The Labute approximate surface area is 145 Å². The number of carbonyl (C=O) groups excluding carboxylic acids is 1. The zero-order valence-electron chi connectivity index (χ0n) is 13.9. The summed E-state index contributed by atoms with van der Waals surface area (Å²) >= 11 is 0. The third kappa shape index (κ3) is 3.28. The van der Waals surface area contributed by atoms with E-state index in [-0.39, 0.29) is 12.5 Å². The number of hydrogen-bond donors (Lipinski definition) is 1. The van der Waals surface area contributed by atoms with Crippen LogP contribution in [-0.4, -0.2) is 21.0 Å². The highest BCUT2D eigenvalue weighted by Crippen LogP contribution is 2.38. The number of aromatic nitrogens is 3. The molecular weight excluding hydrogens is 316 g/mol. The predicted octanol–water partition coefficient (Wildman–Crippen LogP) is 3.25. The van der Waals surface area contributed by atoms with Gasteiger partial charge in [-0.05, 0) is 37.0 Å². The summed E-state index contributed by atoms with van der Waals surface area (Å²) in [7, 11) is 0. The van der Waals surface area contributed by atoms with Gasteiger partial charge in [-0.15, -0.1) is 0 Å². The molecule has 0 spiro atoms. The Bertz CT molecular complexity index is 901. The van der Waals surface area contributed by atoms with Crippen LogP contribution in [0.1, 0.15) is 46.5 Å². The second-order valence-corrected chi connectivity index (χ2v) is 6.19. The molecule has 2 aromatic heterocycles. The van der Waals surface area contributed by atoms with Crippen molar-refractivity contribution < 1.29 is 9.32 Å². The lowest BCUT2D eigenvalue weighted by Gasteiger charge is -2.11. The van der Waals surface area contributed by atoms with E-state index >= 15 is 0 Å². The third-order valence-corrected chi connectivity index (χ3v) is 4.27. The summed E-state index contributed by atoms with van der Waals surface area (Å²) in [5.74, 6) is 1.38. The number of pyridine rings is 1. The molecule has 0 saturated heterocycles. The summed E-state index contributed by atoms with van der Waals surface area (Å²) in [4.78, 5) is 21.3. The smallest absolute Gasteiger partial charge is 0.254 e. The van der Waals surface area contributed by atoms with Gasteiger partial charge in [0.05, 0.1) is 17.8 Å². The molecule has 0 bridgehead atoms. The van der Waals surface area contributed by atoms with E-state index in [1.54, 1.807) is 6.20 Å². The second kappa shape index (κ2) is 6.47. The van der Waals surface area contributed by atoms with Crippen LogP contribution < -0.4 is 5.32 Å². The summed E-state index contributed by atoms with van der Waals surface area (Å²) < 4.78 is 5.22. The molecular formula is C19H18N4O2. The molecule has 1 fully saturated rings. The highest BCUT2D eigenvalue weighted by molar-refractivity contribution is 6.01. The summed E-state index contributed by atoms with van der Waals surface area (Å²) in [6.45, 7) is 2.07. The summed E-state index contributed by atoms with van der Waals surface area (Å²) in [6.07, 6.45) is 3.92. The van der Waals surface area contributed by atoms with Crippen LogP contribution >= 0.6 is 0 Å². The van der Waals surface area contributed by atoms with Crippen molar-refractivity contribution in [1.82, 2.24) is 20.4 Å². The van der Waals surface area contributed by atoms with Crippen molar-refractivity contribution >= 4 is 5.91 Å². The number of nitrogens with zero attached hydrogens (tertiary/aromatic N) is 3. The van der Waals surface area contributed by atoms with Crippen molar-refractivity contribution in [1.29, 1.82) is 0 Å². The molecule has 1 saturated carbocycles.